The fourth-order valence-electron chi connectivity index (χ4n) is 4.14. The van der Waals surface area contributed by atoms with E-state index < -0.39 is 11.8 Å². The maximum absolute atomic E-state index is 12.2. The fourth-order valence-corrected chi connectivity index (χ4v) is 4.14. The summed E-state index contributed by atoms with van der Waals surface area (Å²) in [6.07, 6.45) is 14.9. The molecule has 0 atom stereocenters. The Morgan fingerprint density at radius 1 is 0.703 bits per heavy atom. The normalized spacial score (nSPS) is 10.7. The zero-order chi connectivity index (χ0) is 26.7. The summed E-state index contributed by atoms with van der Waals surface area (Å²) in [6.45, 7) is 3.30. The van der Waals surface area contributed by atoms with Crippen LogP contribution in [0.2, 0.25) is 0 Å². The lowest BCUT2D eigenvalue weighted by atomic mass is 10.1. The lowest BCUT2D eigenvalue weighted by Crippen LogP contribution is -2.42. The van der Waals surface area contributed by atoms with Crippen LogP contribution in [0, 0.1) is 0 Å². The first kappa shape index (κ1) is 30.0. The number of hydrogen-bond donors (Lipinski definition) is 2. The number of benzene rings is 2. The molecule has 2 amide bonds. The summed E-state index contributed by atoms with van der Waals surface area (Å²) in [5, 5.41) is 9.36. The largest absolute Gasteiger partial charge is 0.508 e. The molecule has 7 heteroatoms. The van der Waals surface area contributed by atoms with E-state index in [0.29, 0.717) is 30.3 Å². The highest BCUT2D eigenvalue weighted by Gasteiger charge is 2.18. The van der Waals surface area contributed by atoms with Gasteiger partial charge in [0.15, 0.2) is 0 Å². The van der Waals surface area contributed by atoms with Crippen molar-refractivity contribution in [3.8, 4) is 23.0 Å². The molecule has 0 radical (unpaired) electrons. The molecule has 0 saturated heterocycles. The number of rotatable bonds is 19. The van der Waals surface area contributed by atoms with Crippen molar-refractivity contribution < 1.29 is 24.2 Å². The summed E-state index contributed by atoms with van der Waals surface area (Å²) in [7, 11) is 0. The summed E-state index contributed by atoms with van der Waals surface area (Å²) < 4.78 is 11.5. The van der Waals surface area contributed by atoms with E-state index >= 15 is 0 Å². The number of hydrogen-bond acceptors (Lipinski definition) is 5. The van der Waals surface area contributed by atoms with Crippen LogP contribution >= 0.6 is 0 Å². The van der Waals surface area contributed by atoms with Crippen molar-refractivity contribution in [2.75, 3.05) is 19.7 Å². The maximum atomic E-state index is 12.2. The van der Waals surface area contributed by atoms with Crippen molar-refractivity contribution in [3.63, 3.8) is 0 Å². The summed E-state index contributed by atoms with van der Waals surface area (Å²) in [6, 6.07) is 13.6. The van der Waals surface area contributed by atoms with E-state index in [-0.39, 0.29) is 12.4 Å². The zero-order valence-electron chi connectivity index (χ0n) is 22.3. The quantitative estimate of drug-likeness (QED) is 0.164. The molecule has 2 aromatic carbocycles. The molecule has 3 N–H and O–H groups in total. The first-order valence-electron chi connectivity index (χ1n) is 13.8. The van der Waals surface area contributed by atoms with Crippen LogP contribution in [0.4, 0.5) is 0 Å². The molecule has 2 rings (SSSR count). The summed E-state index contributed by atoms with van der Waals surface area (Å²) in [4.78, 5) is 25.2. The number of ether oxygens (including phenoxy) is 2. The van der Waals surface area contributed by atoms with Gasteiger partial charge < -0.3 is 25.2 Å². The average Bonchev–Trinajstić information content (AvgIpc) is 2.90. The number of phenolic OH excluding ortho intramolecular Hbond substituents is 1. The molecule has 7 nitrogen and oxygen atoms in total. The van der Waals surface area contributed by atoms with E-state index in [9.17, 15) is 14.7 Å². The van der Waals surface area contributed by atoms with Gasteiger partial charge in [-0.25, -0.2) is 0 Å². The smallest absolute Gasteiger partial charge is 0.311 e. The number of carbonyl (C=O) groups excluding carboxylic acids is 2. The van der Waals surface area contributed by atoms with Crippen LogP contribution in [0.1, 0.15) is 84.0 Å². The molecular formula is C30H44N2O5. The van der Waals surface area contributed by atoms with Crippen LogP contribution in [0.15, 0.2) is 48.5 Å². The van der Waals surface area contributed by atoms with Gasteiger partial charge >= 0.3 is 11.8 Å². The Morgan fingerprint density at radius 3 is 1.68 bits per heavy atom. The van der Waals surface area contributed by atoms with Gasteiger partial charge in [0.1, 0.15) is 29.6 Å². The highest BCUT2D eigenvalue weighted by molar-refractivity contribution is 6.34. The molecule has 0 aromatic heterocycles. The monoisotopic (exact) mass is 512 g/mol. The second-order valence-corrected chi connectivity index (χ2v) is 9.46. The van der Waals surface area contributed by atoms with Crippen molar-refractivity contribution in [3.05, 3.63) is 48.5 Å². The Hall–Kier alpha value is -3.22. The Balaban J connectivity index is 1.63. The van der Waals surface area contributed by atoms with Crippen molar-refractivity contribution in [1.82, 2.24) is 4.90 Å². The standard InChI is InChI=1S/C30H44N2O5/c1-2-3-4-5-6-7-8-9-10-11-12-13-22-32(30(35)29(31)34)23-24-36-26-18-20-28(21-19-26)37-27-16-14-25(33)15-17-27/h14-21,33H,2-13,22-24H2,1H3,(H2,31,34). The van der Waals surface area contributed by atoms with E-state index in [2.05, 4.69) is 6.92 Å². The molecule has 0 aliphatic rings. The fraction of sp³-hybridized carbons (Fsp3) is 0.533. The number of amides is 2. The highest BCUT2D eigenvalue weighted by Crippen LogP contribution is 2.25. The predicted octanol–water partition coefficient (Wildman–Crippen LogP) is 6.58. The van der Waals surface area contributed by atoms with E-state index in [0.717, 1.165) is 19.3 Å². The zero-order valence-corrected chi connectivity index (χ0v) is 22.3. The minimum atomic E-state index is -0.935. The molecule has 0 aliphatic heterocycles. The van der Waals surface area contributed by atoms with Gasteiger partial charge in [-0.05, 0) is 55.0 Å². The van der Waals surface area contributed by atoms with E-state index in [4.69, 9.17) is 15.2 Å². The topological polar surface area (TPSA) is 102 Å². The van der Waals surface area contributed by atoms with E-state index in [1.54, 1.807) is 48.5 Å². The van der Waals surface area contributed by atoms with Crippen LogP contribution in [0.3, 0.4) is 0 Å². The van der Waals surface area contributed by atoms with Gasteiger partial charge in [0, 0.05) is 6.54 Å². The molecule has 0 spiro atoms. The van der Waals surface area contributed by atoms with Crippen molar-refractivity contribution in [2.24, 2.45) is 5.73 Å². The van der Waals surface area contributed by atoms with Crippen LogP contribution in [0.5, 0.6) is 23.0 Å². The van der Waals surface area contributed by atoms with Gasteiger partial charge in [-0.3, -0.25) is 9.59 Å². The SMILES string of the molecule is CCCCCCCCCCCCCCN(CCOc1ccc(Oc2ccc(O)cc2)cc1)C(=O)C(N)=O. The van der Waals surface area contributed by atoms with Crippen LogP contribution in [0.25, 0.3) is 0 Å². The number of carbonyl (C=O) groups is 2. The first-order valence-corrected chi connectivity index (χ1v) is 13.8. The Morgan fingerprint density at radius 2 is 1.16 bits per heavy atom. The number of aromatic hydroxyl groups is 1. The molecule has 0 fully saturated rings. The third-order valence-electron chi connectivity index (χ3n) is 6.31. The summed E-state index contributed by atoms with van der Waals surface area (Å²) in [5.41, 5.74) is 5.25. The van der Waals surface area contributed by atoms with Gasteiger partial charge in [0.2, 0.25) is 0 Å². The molecule has 0 heterocycles. The third kappa shape index (κ3) is 13.1. The Labute approximate surface area is 222 Å². The molecule has 204 valence electrons. The Kier molecular flexibility index (Phi) is 14.7. The van der Waals surface area contributed by atoms with Gasteiger partial charge in [-0.15, -0.1) is 0 Å². The van der Waals surface area contributed by atoms with Crippen molar-refractivity contribution in [1.29, 1.82) is 0 Å². The highest BCUT2D eigenvalue weighted by atomic mass is 16.5. The van der Waals surface area contributed by atoms with Gasteiger partial charge in [-0.2, -0.15) is 0 Å². The van der Waals surface area contributed by atoms with E-state index in [1.165, 1.54) is 62.7 Å². The maximum Gasteiger partial charge on any atom is 0.311 e. The predicted molar refractivity (Wildman–Crippen MR) is 147 cm³/mol. The van der Waals surface area contributed by atoms with Crippen molar-refractivity contribution in [2.45, 2.75) is 84.0 Å². The second-order valence-electron chi connectivity index (χ2n) is 9.46. The van der Waals surface area contributed by atoms with Crippen molar-refractivity contribution >= 4 is 11.8 Å². The molecule has 0 aliphatic carbocycles. The molecule has 37 heavy (non-hydrogen) atoms. The first-order chi connectivity index (χ1) is 18.0. The lowest BCUT2D eigenvalue weighted by Gasteiger charge is -2.21. The third-order valence-corrected chi connectivity index (χ3v) is 6.31. The van der Waals surface area contributed by atoms with Crippen LogP contribution in [-0.2, 0) is 9.59 Å². The van der Waals surface area contributed by atoms with Gasteiger partial charge in [0.25, 0.3) is 0 Å². The van der Waals surface area contributed by atoms with Crippen LogP contribution < -0.4 is 15.2 Å². The summed E-state index contributed by atoms with van der Waals surface area (Å²) >= 11 is 0. The number of phenols is 1. The minimum absolute atomic E-state index is 0.179. The molecular weight excluding hydrogens is 468 g/mol. The Bertz CT molecular complexity index is 899. The molecule has 0 unspecified atom stereocenters. The number of nitrogens with two attached hydrogens (primary N) is 1. The van der Waals surface area contributed by atoms with E-state index in [1.807, 2.05) is 0 Å². The number of primary amides is 1. The minimum Gasteiger partial charge on any atom is -0.508 e. The second kappa shape index (κ2) is 18.1. The molecule has 0 saturated carbocycles. The molecule has 0 bridgehead atoms. The van der Waals surface area contributed by atoms with Crippen LogP contribution in [-0.4, -0.2) is 41.5 Å². The number of nitrogens with zero attached hydrogens (tertiary/aromatic N) is 1. The average molecular weight is 513 g/mol. The van der Waals surface area contributed by atoms with Gasteiger partial charge in [0.05, 0.1) is 6.54 Å². The van der Waals surface area contributed by atoms with Gasteiger partial charge in [-0.1, -0.05) is 77.6 Å². The number of unbranched alkanes of at least 4 members (excludes halogenated alkanes) is 11. The molecule has 2 aromatic rings. The summed E-state index contributed by atoms with van der Waals surface area (Å²) in [5.74, 6) is 0.466. The lowest BCUT2D eigenvalue weighted by molar-refractivity contribution is -0.144.